The van der Waals surface area contributed by atoms with Crippen LogP contribution in [0.3, 0.4) is 0 Å². The van der Waals surface area contributed by atoms with Crippen molar-refractivity contribution in [2.45, 2.75) is 30.8 Å². The van der Waals surface area contributed by atoms with E-state index in [1.807, 2.05) is 60.7 Å². The first kappa shape index (κ1) is 24.5. The number of allylic oxidation sites excluding steroid dienone is 1. The third-order valence-electron chi connectivity index (χ3n) is 5.79. The number of hydrogen-bond donors (Lipinski definition) is 1. The molecule has 2 aromatic heterocycles. The van der Waals surface area contributed by atoms with Gasteiger partial charge >= 0.3 is 0 Å². The molecule has 1 aliphatic carbocycles. The first-order chi connectivity index (χ1) is 17.6. The summed E-state index contributed by atoms with van der Waals surface area (Å²) in [5.41, 5.74) is 5.22. The normalized spacial score (nSPS) is 13.8. The summed E-state index contributed by atoms with van der Waals surface area (Å²) >= 11 is 9.00. The molecule has 0 radical (unpaired) electrons. The van der Waals surface area contributed by atoms with Crippen LogP contribution in [0.5, 0.6) is 0 Å². The van der Waals surface area contributed by atoms with Gasteiger partial charge in [0.05, 0.1) is 28.1 Å². The fourth-order valence-corrected chi connectivity index (χ4v) is 6.44. The number of aromatic nitrogens is 2. The molecule has 182 valence electrons. The zero-order valence-electron chi connectivity index (χ0n) is 19.3. The Hall–Kier alpha value is -3.20. The van der Waals surface area contributed by atoms with Crippen LogP contribution in [0.1, 0.15) is 28.8 Å². The molecule has 0 atom stereocenters. The van der Waals surface area contributed by atoms with Gasteiger partial charge in [-0.3, -0.25) is 14.2 Å². The number of aryl methyl sites for hydroxylation is 2. The number of para-hydroxylation sites is 1. The number of halogens is 1. The Labute approximate surface area is 221 Å². The fraction of sp³-hybridized carbons (Fsp3) is 0.185. The van der Waals surface area contributed by atoms with Crippen molar-refractivity contribution < 1.29 is 4.79 Å². The maximum atomic E-state index is 13.7. The average molecular weight is 535 g/mol. The van der Waals surface area contributed by atoms with Crippen LogP contribution >= 0.6 is 34.7 Å². The van der Waals surface area contributed by atoms with Crippen LogP contribution in [0.4, 0.5) is 0 Å². The Morgan fingerprint density at radius 3 is 2.61 bits per heavy atom. The van der Waals surface area contributed by atoms with Crippen molar-refractivity contribution in [1.82, 2.24) is 15.0 Å². The molecular weight excluding hydrogens is 512 g/mol. The van der Waals surface area contributed by atoms with Gasteiger partial charge in [-0.05, 0) is 55.0 Å². The summed E-state index contributed by atoms with van der Waals surface area (Å²) in [6, 6.07) is 19.0. The smallest absolute Gasteiger partial charge is 0.267 e. The van der Waals surface area contributed by atoms with E-state index >= 15 is 0 Å². The molecule has 36 heavy (non-hydrogen) atoms. The summed E-state index contributed by atoms with van der Waals surface area (Å²) in [6.45, 7) is 0. The van der Waals surface area contributed by atoms with Crippen LogP contribution in [0, 0.1) is 0 Å². The van der Waals surface area contributed by atoms with Crippen LogP contribution < -0.4 is 11.0 Å². The summed E-state index contributed by atoms with van der Waals surface area (Å²) < 4.78 is 1.62. The summed E-state index contributed by atoms with van der Waals surface area (Å²) in [6.07, 6.45) is 7.27. The van der Waals surface area contributed by atoms with Crippen molar-refractivity contribution in [2.75, 3.05) is 5.75 Å². The van der Waals surface area contributed by atoms with E-state index in [-0.39, 0.29) is 17.2 Å². The second-order valence-electron chi connectivity index (χ2n) is 8.28. The standard InChI is InChI=1S/C27H23ClN4O2S2/c28-19(15-18-9-3-1-4-10-18)16-29-31-23(33)17-35-27-30-25-24(21-13-7-8-14-22(21)36-25)26(34)32(27)20-11-5-2-6-12-20/h1-6,9-12,15-16H,7-8,13-14,17H2,(H,31,33)/b19-15-,29-16+. The Morgan fingerprint density at radius 2 is 1.83 bits per heavy atom. The Balaban J connectivity index is 1.36. The lowest BCUT2D eigenvalue weighted by Gasteiger charge is -2.13. The van der Waals surface area contributed by atoms with Gasteiger partial charge in [-0.1, -0.05) is 71.9 Å². The summed E-state index contributed by atoms with van der Waals surface area (Å²) in [4.78, 5) is 33.0. The molecule has 6 nitrogen and oxygen atoms in total. The number of hydrogen-bond acceptors (Lipinski definition) is 6. The van der Waals surface area contributed by atoms with Gasteiger partial charge in [-0.25, -0.2) is 10.4 Å². The van der Waals surface area contributed by atoms with Crippen LogP contribution in [0.25, 0.3) is 22.0 Å². The van der Waals surface area contributed by atoms with Gasteiger partial charge in [0.2, 0.25) is 0 Å². The third kappa shape index (κ3) is 5.46. The second kappa shape index (κ2) is 11.2. The molecular formula is C27H23ClN4O2S2. The van der Waals surface area contributed by atoms with E-state index < -0.39 is 0 Å². The van der Waals surface area contributed by atoms with Crippen molar-refractivity contribution in [2.24, 2.45) is 5.10 Å². The Morgan fingerprint density at radius 1 is 1.11 bits per heavy atom. The number of carbonyl (C=O) groups excluding carboxylic acids is 1. The molecule has 0 saturated heterocycles. The molecule has 0 spiro atoms. The molecule has 4 aromatic rings. The van der Waals surface area contributed by atoms with Crippen molar-refractivity contribution >= 4 is 63.1 Å². The number of hydrazone groups is 1. The Bertz CT molecular complexity index is 1510. The quantitative estimate of drug-likeness (QED) is 0.141. The number of amides is 1. The minimum Gasteiger partial charge on any atom is -0.272 e. The predicted octanol–water partition coefficient (Wildman–Crippen LogP) is 5.80. The number of nitrogens with zero attached hydrogens (tertiary/aromatic N) is 3. The van der Waals surface area contributed by atoms with E-state index in [9.17, 15) is 9.59 Å². The van der Waals surface area contributed by atoms with Gasteiger partial charge in [0.15, 0.2) is 5.16 Å². The first-order valence-corrected chi connectivity index (χ1v) is 13.8. The minimum atomic E-state index is -0.320. The zero-order valence-corrected chi connectivity index (χ0v) is 21.7. The fourth-order valence-electron chi connectivity index (χ4n) is 4.16. The molecule has 0 saturated carbocycles. The topological polar surface area (TPSA) is 76.3 Å². The van der Waals surface area contributed by atoms with Crippen molar-refractivity contribution in [3.8, 4) is 5.69 Å². The number of fused-ring (bicyclic) bond motifs is 3. The maximum Gasteiger partial charge on any atom is 0.267 e. The lowest BCUT2D eigenvalue weighted by molar-refractivity contribution is -0.118. The van der Waals surface area contributed by atoms with Crippen LogP contribution in [-0.2, 0) is 17.6 Å². The summed E-state index contributed by atoms with van der Waals surface area (Å²) in [5.74, 6) is -0.271. The maximum absolute atomic E-state index is 13.7. The van der Waals surface area contributed by atoms with Gasteiger partial charge in [-0.15, -0.1) is 11.3 Å². The highest BCUT2D eigenvalue weighted by molar-refractivity contribution is 7.99. The molecule has 1 aliphatic rings. The molecule has 2 aromatic carbocycles. The lowest BCUT2D eigenvalue weighted by atomic mass is 9.97. The monoisotopic (exact) mass is 534 g/mol. The van der Waals surface area contributed by atoms with E-state index in [4.69, 9.17) is 16.6 Å². The third-order valence-corrected chi connectivity index (χ3v) is 8.12. The zero-order chi connectivity index (χ0) is 24.9. The van der Waals surface area contributed by atoms with Crippen LogP contribution in [-0.4, -0.2) is 27.4 Å². The van der Waals surface area contributed by atoms with Crippen molar-refractivity contribution in [3.05, 3.63) is 92.1 Å². The molecule has 1 amide bonds. The number of thioether (sulfide) groups is 1. The van der Waals surface area contributed by atoms with E-state index in [0.29, 0.717) is 10.2 Å². The van der Waals surface area contributed by atoms with E-state index in [0.717, 1.165) is 52.7 Å². The highest BCUT2D eigenvalue weighted by Gasteiger charge is 2.23. The average Bonchev–Trinajstić information content (AvgIpc) is 3.27. The highest BCUT2D eigenvalue weighted by Crippen LogP contribution is 2.35. The number of carbonyl (C=O) groups is 1. The molecule has 5 rings (SSSR count). The van der Waals surface area contributed by atoms with Crippen LogP contribution in [0.15, 0.2) is 80.7 Å². The summed E-state index contributed by atoms with van der Waals surface area (Å²) in [5, 5.41) is 5.54. The largest absolute Gasteiger partial charge is 0.272 e. The van der Waals surface area contributed by atoms with Gasteiger partial charge in [0.1, 0.15) is 4.83 Å². The van der Waals surface area contributed by atoms with Crippen molar-refractivity contribution in [1.29, 1.82) is 0 Å². The van der Waals surface area contributed by atoms with Crippen molar-refractivity contribution in [3.63, 3.8) is 0 Å². The molecule has 0 unspecified atom stereocenters. The van der Waals surface area contributed by atoms with E-state index in [1.165, 1.54) is 22.9 Å². The molecule has 0 aliphatic heterocycles. The molecule has 2 heterocycles. The highest BCUT2D eigenvalue weighted by atomic mass is 35.5. The van der Waals surface area contributed by atoms with Gasteiger partial charge in [-0.2, -0.15) is 5.10 Å². The number of nitrogens with one attached hydrogen (secondary N) is 1. The number of rotatable bonds is 7. The summed E-state index contributed by atoms with van der Waals surface area (Å²) in [7, 11) is 0. The molecule has 1 N–H and O–H groups in total. The van der Waals surface area contributed by atoms with E-state index in [1.54, 1.807) is 22.0 Å². The van der Waals surface area contributed by atoms with Gasteiger partial charge in [0.25, 0.3) is 11.5 Å². The second-order valence-corrected chi connectivity index (χ2v) is 10.7. The number of benzene rings is 2. The lowest BCUT2D eigenvalue weighted by Crippen LogP contribution is -2.24. The molecule has 9 heteroatoms. The first-order valence-electron chi connectivity index (χ1n) is 11.6. The Kier molecular flexibility index (Phi) is 7.65. The van der Waals surface area contributed by atoms with Gasteiger partial charge in [0, 0.05) is 4.88 Å². The van der Waals surface area contributed by atoms with Gasteiger partial charge < -0.3 is 0 Å². The minimum absolute atomic E-state index is 0.0488. The molecule has 0 fully saturated rings. The molecule has 0 bridgehead atoms. The number of thiophene rings is 1. The SMILES string of the molecule is O=C(CSc1nc2sc3c(c2c(=O)n1-c1ccccc1)CCCC3)N/N=C/C(Cl)=C/c1ccccc1. The predicted molar refractivity (Wildman–Crippen MR) is 149 cm³/mol. The van der Waals surface area contributed by atoms with E-state index in [2.05, 4.69) is 10.5 Å². The van der Waals surface area contributed by atoms with Crippen LogP contribution in [0.2, 0.25) is 0 Å².